The maximum absolute atomic E-state index is 5.54. The first-order valence-electron chi connectivity index (χ1n) is 6.25. The van der Waals surface area contributed by atoms with E-state index >= 15 is 0 Å². The number of nitrogens with zero attached hydrogens (tertiary/aromatic N) is 3. The van der Waals surface area contributed by atoms with Crippen LogP contribution in [0.5, 0.6) is 5.75 Å². The van der Waals surface area contributed by atoms with Gasteiger partial charge < -0.3 is 19.7 Å². The van der Waals surface area contributed by atoms with Crippen molar-refractivity contribution in [3.8, 4) is 5.75 Å². The molecule has 0 aliphatic carbocycles. The van der Waals surface area contributed by atoms with Crippen molar-refractivity contribution in [2.75, 3.05) is 43.6 Å². The van der Waals surface area contributed by atoms with Gasteiger partial charge in [-0.3, -0.25) is 0 Å². The van der Waals surface area contributed by atoms with Crippen molar-refractivity contribution >= 4 is 11.6 Å². The number of anilines is 2. The molecule has 2 heterocycles. The van der Waals surface area contributed by atoms with Gasteiger partial charge in [-0.2, -0.15) is 0 Å². The van der Waals surface area contributed by atoms with E-state index in [2.05, 4.69) is 27.1 Å². The van der Waals surface area contributed by atoms with Crippen LogP contribution >= 0.6 is 0 Å². The molecular formula is C12H20N4O2. The Morgan fingerprint density at radius 2 is 2.39 bits per heavy atom. The quantitative estimate of drug-likeness (QED) is 0.867. The number of morpholine rings is 1. The van der Waals surface area contributed by atoms with E-state index in [0.717, 1.165) is 31.3 Å². The number of ether oxygens (including phenoxy) is 2. The second kappa shape index (κ2) is 5.86. The van der Waals surface area contributed by atoms with Crippen molar-refractivity contribution in [3.05, 3.63) is 6.33 Å². The standard InChI is InChI=1S/C12H20N4O2/c1-4-13-11-10(17-3)12(15-8-14-11)16-5-6-18-9(2)7-16/h8-9H,4-7H2,1-3H3,(H,13,14,15). The third-order valence-corrected chi connectivity index (χ3v) is 2.87. The summed E-state index contributed by atoms with van der Waals surface area (Å²) in [5.41, 5.74) is 0. The van der Waals surface area contributed by atoms with Crippen molar-refractivity contribution in [3.63, 3.8) is 0 Å². The molecule has 0 amide bonds. The van der Waals surface area contributed by atoms with Crippen LogP contribution < -0.4 is 15.0 Å². The summed E-state index contributed by atoms with van der Waals surface area (Å²) in [5, 5.41) is 3.18. The predicted molar refractivity (Wildman–Crippen MR) is 70.4 cm³/mol. The highest BCUT2D eigenvalue weighted by Crippen LogP contribution is 2.32. The highest BCUT2D eigenvalue weighted by atomic mass is 16.5. The molecule has 2 rings (SSSR count). The van der Waals surface area contributed by atoms with Crippen molar-refractivity contribution in [1.82, 2.24) is 9.97 Å². The fraction of sp³-hybridized carbons (Fsp3) is 0.667. The monoisotopic (exact) mass is 252 g/mol. The predicted octanol–water partition coefficient (Wildman–Crippen LogP) is 1.14. The van der Waals surface area contributed by atoms with Crippen LogP contribution in [0.1, 0.15) is 13.8 Å². The van der Waals surface area contributed by atoms with E-state index in [-0.39, 0.29) is 6.10 Å². The summed E-state index contributed by atoms with van der Waals surface area (Å²) in [7, 11) is 1.65. The first-order valence-corrected chi connectivity index (χ1v) is 6.25. The second-order valence-corrected chi connectivity index (χ2v) is 4.24. The lowest BCUT2D eigenvalue weighted by Crippen LogP contribution is -2.41. The van der Waals surface area contributed by atoms with Gasteiger partial charge in [0.2, 0.25) is 5.75 Å². The summed E-state index contributed by atoms with van der Waals surface area (Å²) in [6, 6.07) is 0. The van der Waals surface area contributed by atoms with Gasteiger partial charge in [0.05, 0.1) is 19.8 Å². The van der Waals surface area contributed by atoms with Crippen LogP contribution in [-0.4, -0.2) is 49.4 Å². The Morgan fingerprint density at radius 1 is 1.56 bits per heavy atom. The summed E-state index contributed by atoms with van der Waals surface area (Å²) < 4.78 is 11.0. The molecule has 1 atom stereocenters. The lowest BCUT2D eigenvalue weighted by Gasteiger charge is -2.32. The molecule has 0 bridgehead atoms. The average molecular weight is 252 g/mol. The maximum atomic E-state index is 5.54. The zero-order valence-corrected chi connectivity index (χ0v) is 11.1. The third kappa shape index (κ3) is 2.64. The van der Waals surface area contributed by atoms with Gasteiger partial charge in [-0.15, -0.1) is 0 Å². The molecule has 6 heteroatoms. The Hall–Kier alpha value is -1.56. The van der Waals surface area contributed by atoms with E-state index in [1.54, 1.807) is 13.4 Å². The molecule has 1 saturated heterocycles. The highest BCUT2D eigenvalue weighted by Gasteiger charge is 2.23. The number of aromatic nitrogens is 2. The van der Waals surface area contributed by atoms with E-state index in [9.17, 15) is 0 Å². The second-order valence-electron chi connectivity index (χ2n) is 4.24. The molecule has 6 nitrogen and oxygen atoms in total. The molecule has 0 radical (unpaired) electrons. The first-order chi connectivity index (χ1) is 8.76. The van der Waals surface area contributed by atoms with E-state index in [1.807, 2.05) is 6.92 Å². The summed E-state index contributed by atoms with van der Waals surface area (Å²) in [4.78, 5) is 10.7. The molecule has 1 aliphatic heterocycles. The van der Waals surface area contributed by atoms with Crippen LogP contribution in [0.4, 0.5) is 11.6 Å². The van der Waals surface area contributed by atoms with Gasteiger partial charge in [-0.05, 0) is 13.8 Å². The Morgan fingerprint density at radius 3 is 3.06 bits per heavy atom. The normalized spacial score (nSPS) is 19.7. The number of rotatable bonds is 4. The van der Waals surface area contributed by atoms with E-state index < -0.39 is 0 Å². The number of nitrogens with one attached hydrogen (secondary N) is 1. The van der Waals surface area contributed by atoms with Crippen LogP contribution in [0.25, 0.3) is 0 Å². The molecule has 1 unspecified atom stereocenters. The minimum absolute atomic E-state index is 0.209. The number of hydrogen-bond donors (Lipinski definition) is 1. The van der Waals surface area contributed by atoms with Gasteiger partial charge in [0.1, 0.15) is 6.33 Å². The molecule has 100 valence electrons. The Balaban J connectivity index is 2.28. The van der Waals surface area contributed by atoms with Crippen molar-refractivity contribution < 1.29 is 9.47 Å². The molecule has 0 spiro atoms. The lowest BCUT2D eigenvalue weighted by molar-refractivity contribution is 0.0527. The molecule has 1 fully saturated rings. The van der Waals surface area contributed by atoms with E-state index in [1.165, 1.54) is 0 Å². The Labute approximate surface area is 107 Å². The summed E-state index contributed by atoms with van der Waals surface area (Å²) in [6.45, 7) is 7.24. The molecule has 1 aromatic rings. The highest BCUT2D eigenvalue weighted by molar-refractivity contribution is 5.64. The third-order valence-electron chi connectivity index (χ3n) is 2.87. The van der Waals surface area contributed by atoms with Gasteiger partial charge in [0.15, 0.2) is 11.6 Å². The van der Waals surface area contributed by atoms with Gasteiger partial charge in [-0.25, -0.2) is 9.97 Å². The Bertz CT molecular complexity index is 400. The number of methoxy groups -OCH3 is 1. The minimum Gasteiger partial charge on any atom is -0.490 e. The van der Waals surface area contributed by atoms with Gasteiger partial charge in [-0.1, -0.05) is 0 Å². The van der Waals surface area contributed by atoms with Crippen LogP contribution in [-0.2, 0) is 4.74 Å². The fourth-order valence-corrected chi connectivity index (χ4v) is 2.08. The Kier molecular flexibility index (Phi) is 4.19. The van der Waals surface area contributed by atoms with Crippen LogP contribution in [0, 0.1) is 0 Å². The largest absolute Gasteiger partial charge is 0.490 e. The van der Waals surface area contributed by atoms with E-state index in [4.69, 9.17) is 9.47 Å². The molecular weight excluding hydrogens is 232 g/mol. The summed E-state index contributed by atoms with van der Waals surface area (Å²) in [6.07, 6.45) is 1.77. The fourth-order valence-electron chi connectivity index (χ4n) is 2.08. The van der Waals surface area contributed by atoms with Gasteiger partial charge in [0, 0.05) is 19.6 Å². The van der Waals surface area contributed by atoms with Crippen molar-refractivity contribution in [1.29, 1.82) is 0 Å². The molecule has 1 N–H and O–H groups in total. The topological polar surface area (TPSA) is 59.5 Å². The SMILES string of the molecule is CCNc1ncnc(N2CCOC(C)C2)c1OC. The van der Waals surface area contributed by atoms with Gasteiger partial charge >= 0.3 is 0 Å². The minimum atomic E-state index is 0.209. The molecule has 1 aliphatic rings. The lowest BCUT2D eigenvalue weighted by atomic mass is 10.3. The van der Waals surface area contributed by atoms with Crippen LogP contribution in [0.15, 0.2) is 6.33 Å². The smallest absolute Gasteiger partial charge is 0.204 e. The molecule has 0 aromatic carbocycles. The molecule has 0 saturated carbocycles. The molecule has 18 heavy (non-hydrogen) atoms. The van der Waals surface area contributed by atoms with Crippen LogP contribution in [0.2, 0.25) is 0 Å². The van der Waals surface area contributed by atoms with E-state index in [0.29, 0.717) is 12.4 Å². The summed E-state index contributed by atoms with van der Waals surface area (Å²) in [5.74, 6) is 2.27. The van der Waals surface area contributed by atoms with Gasteiger partial charge in [0.25, 0.3) is 0 Å². The summed E-state index contributed by atoms with van der Waals surface area (Å²) >= 11 is 0. The van der Waals surface area contributed by atoms with Crippen molar-refractivity contribution in [2.45, 2.75) is 20.0 Å². The zero-order valence-electron chi connectivity index (χ0n) is 11.1. The maximum Gasteiger partial charge on any atom is 0.204 e. The average Bonchev–Trinajstić information content (AvgIpc) is 2.39. The number of hydrogen-bond acceptors (Lipinski definition) is 6. The first kappa shape index (κ1) is 12.9. The zero-order chi connectivity index (χ0) is 13.0. The van der Waals surface area contributed by atoms with Crippen molar-refractivity contribution in [2.24, 2.45) is 0 Å². The molecule has 1 aromatic heterocycles. The van der Waals surface area contributed by atoms with Crippen LogP contribution in [0.3, 0.4) is 0 Å².